The number of rotatable bonds is 6. The Balaban J connectivity index is 2.76. The van der Waals surface area contributed by atoms with E-state index in [2.05, 4.69) is 38.1 Å². The normalized spacial score (nSPS) is 11.4. The molecule has 0 saturated carbocycles. The maximum Gasteiger partial charge on any atom is 0.330 e. The van der Waals surface area contributed by atoms with Crippen LogP contribution in [0.3, 0.4) is 0 Å². The van der Waals surface area contributed by atoms with E-state index in [0.29, 0.717) is 6.61 Å². The number of hydrogen-bond donors (Lipinski definition) is 0. The van der Waals surface area contributed by atoms with Crippen molar-refractivity contribution in [3.63, 3.8) is 0 Å². The lowest BCUT2D eigenvalue weighted by atomic mass is 10.00. The lowest BCUT2D eigenvalue weighted by molar-refractivity contribution is -0.137. The van der Waals surface area contributed by atoms with Gasteiger partial charge in [-0.05, 0) is 32.3 Å². The van der Waals surface area contributed by atoms with Crippen LogP contribution < -0.4 is 0 Å². The molecule has 0 bridgehead atoms. The van der Waals surface area contributed by atoms with Crippen LogP contribution in [0.4, 0.5) is 0 Å². The minimum absolute atomic E-state index is 0.228. The quantitative estimate of drug-likeness (QED) is 0.563. The molecule has 0 unspecified atom stereocenters. The van der Waals surface area contributed by atoms with E-state index in [-0.39, 0.29) is 5.97 Å². The SMILES string of the molecule is CCC/C(=C\C(=O)OCC)Cc1cccc(C)c1. The van der Waals surface area contributed by atoms with Gasteiger partial charge in [0.05, 0.1) is 6.61 Å². The standard InChI is InChI=1S/C16H22O2/c1-4-7-14(12-16(17)18-5-2)11-15-9-6-8-13(3)10-15/h6,8-10,12H,4-5,7,11H2,1-3H3/b14-12+. The Kier molecular flexibility index (Phi) is 6.20. The lowest BCUT2D eigenvalue weighted by Gasteiger charge is -2.07. The first kappa shape index (κ1) is 14.5. The van der Waals surface area contributed by atoms with Crippen molar-refractivity contribution in [1.82, 2.24) is 0 Å². The molecule has 0 spiro atoms. The molecule has 0 aromatic heterocycles. The fourth-order valence-corrected chi connectivity index (χ4v) is 1.97. The molecule has 0 amide bonds. The van der Waals surface area contributed by atoms with Crippen LogP contribution in [0.5, 0.6) is 0 Å². The third-order valence-electron chi connectivity index (χ3n) is 2.69. The van der Waals surface area contributed by atoms with Crippen molar-refractivity contribution < 1.29 is 9.53 Å². The molecule has 0 N–H and O–H groups in total. The van der Waals surface area contributed by atoms with E-state index < -0.39 is 0 Å². The van der Waals surface area contributed by atoms with Crippen molar-refractivity contribution in [3.05, 3.63) is 47.0 Å². The van der Waals surface area contributed by atoms with Gasteiger partial charge in [0.15, 0.2) is 0 Å². The Morgan fingerprint density at radius 3 is 2.72 bits per heavy atom. The van der Waals surface area contributed by atoms with Gasteiger partial charge < -0.3 is 4.74 Å². The van der Waals surface area contributed by atoms with Crippen LogP contribution in [0.2, 0.25) is 0 Å². The predicted octanol–water partition coefficient (Wildman–Crippen LogP) is 3.83. The summed E-state index contributed by atoms with van der Waals surface area (Å²) in [6.45, 7) is 6.46. The molecular formula is C16H22O2. The number of allylic oxidation sites excluding steroid dienone is 1. The summed E-state index contributed by atoms with van der Waals surface area (Å²) in [4.78, 5) is 11.5. The predicted molar refractivity (Wildman–Crippen MR) is 74.5 cm³/mol. The van der Waals surface area contributed by atoms with Crippen molar-refractivity contribution in [3.8, 4) is 0 Å². The van der Waals surface area contributed by atoms with Gasteiger partial charge in [0, 0.05) is 6.08 Å². The van der Waals surface area contributed by atoms with Crippen LogP contribution >= 0.6 is 0 Å². The summed E-state index contributed by atoms with van der Waals surface area (Å²) in [5.74, 6) is -0.228. The molecule has 0 aliphatic rings. The van der Waals surface area contributed by atoms with Crippen molar-refractivity contribution in [2.45, 2.75) is 40.0 Å². The third kappa shape index (κ3) is 5.17. The van der Waals surface area contributed by atoms with Crippen molar-refractivity contribution >= 4 is 5.97 Å². The van der Waals surface area contributed by atoms with E-state index >= 15 is 0 Å². The van der Waals surface area contributed by atoms with E-state index in [0.717, 1.165) is 24.8 Å². The molecule has 0 heterocycles. The zero-order valence-electron chi connectivity index (χ0n) is 11.5. The number of aryl methyl sites for hydroxylation is 1. The highest BCUT2D eigenvalue weighted by Gasteiger charge is 2.04. The molecule has 0 radical (unpaired) electrons. The van der Waals surface area contributed by atoms with Gasteiger partial charge in [0.2, 0.25) is 0 Å². The van der Waals surface area contributed by atoms with Gasteiger partial charge in [-0.15, -0.1) is 0 Å². The summed E-state index contributed by atoms with van der Waals surface area (Å²) in [7, 11) is 0. The van der Waals surface area contributed by atoms with Crippen LogP contribution in [-0.4, -0.2) is 12.6 Å². The van der Waals surface area contributed by atoms with Gasteiger partial charge in [-0.25, -0.2) is 4.79 Å². The van der Waals surface area contributed by atoms with Crippen LogP contribution in [0, 0.1) is 6.92 Å². The van der Waals surface area contributed by atoms with Gasteiger partial charge in [-0.1, -0.05) is 48.7 Å². The van der Waals surface area contributed by atoms with Gasteiger partial charge >= 0.3 is 5.97 Å². The second-order valence-corrected chi connectivity index (χ2v) is 4.47. The van der Waals surface area contributed by atoms with Crippen LogP contribution in [0.15, 0.2) is 35.9 Å². The molecule has 2 nitrogen and oxygen atoms in total. The van der Waals surface area contributed by atoms with Gasteiger partial charge in [-0.2, -0.15) is 0 Å². The molecule has 1 rings (SSSR count). The first-order valence-corrected chi connectivity index (χ1v) is 6.57. The maximum absolute atomic E-state index is 11.5. The Morgan fingerprint density at radius 1 is 1.33 bits per heavy atom. The van der Waals surface area contributed by atoms with E-state index in [1.54, 1.807) is 6.08 Å². The number of esters is 1. The van der Waals surface area contributed by atoms with E-state index in [1.807, 2.05) is 6.92 Å². The molecule has 0 aliphatic heterocycles. The van der Waals surface area contributed by atoms with Gasteiger partial charge in [0.25, 0.3) is 0 Å². The molecule has 1 aromatic rings. The molecule has 0 fully saturated rings. The third-order valence-corrected chi connectivity index (χ3v) is 2.69. The number of carbonyl (C=O) groups excluding carboxylic acids is 1. The summed E-state index contributed by atoms with van der Waals surface area (Å²) in [5.41, 5.74) is 3.64. The minimum atomic E-state index is -0.228. The Bertz CT molecular complexity index is 419. The molecule has 18 heavy (non-hydrogen) atoms. The zero-order chi connectivity index (χ0) is 13.4. The molecule has 0 saturated heterocycles. The minimum Gasteiger partial charge on any atom is -0.463 e. The molecule has 2 heteroatoms. The average Bonchev–Trinajstić information content (AvgIpc) is 2.29. The first-order chi connectivity index (χ1) is 8.65. The first-order valence-electron chi connectivity index (χ1n) is 6.57. The fourth-order valence-electron chi connectivity index (χ4n) is 1.97. The van der Waals surface area contributed by atoms with E-state index in [1.165, 1.54) is 11.1 Å². The molecule has 1 aromatic carbocycles. The molecule has 98 valence electrons. The number of carbonyl (C=O) groups is 1. The van der Waals surface area contributed by atoms with E-state index in [9.17, 15) is 4.79 Å². The molecular weight excluding hydrogens is 224 g/mol. The summed E-state index contributed by atoms with van der Waals surface area (Å²) >= 11 is 0. The monoisotopic (exact) mass is 246 g/mol. The van der Waals surface area contributed by atoms with Crippen LogP contribution in [-0.2, 0) is 16.0 Å². The Morgan fingerprint density at radius 2 is 2.11 bits per heavy atom. The zero-order valence-corrected chi connectivity index (χ0v) is 11.5. The Labute approximate surface area is 110 Å². The summed E-state index contributed by atoms with van der Waals surface area (Å²) < 4.78 is 4.96. The highest BCUT2D eigenvalue weighted by Crippen LogP contribution is 2.14. The number of hydrogen-bond acceptors (Lipinski definition) is 2. The lowest BCUT2D eigenvalue weighted by Crippen LogP contribution is -2.02. The summed E-state index contributed by atoms with van der Waals surface area (Å²) in [5, 5.41) is 0. The van der Waals surface area contributed by atoms with Gasteiger partial charge in [-0.3, -0.25) is 0 Å². The topological polar surface area (TPSA) is 26.3 Å². The highest BCUT2D eigenvalue weighted by molar-refractivity contribution is 5.82. The van der Waals surface area contributed by atoms with E-state index in [4.69, 9.17) is 4.74 Å². The maximum atomic E-state index is 11.5. The summed E-state index contributed by atoms with van der Waals surface area (Å²) in [6, 6.07) is 8.40. The second-order valence-electron chi connectivity index (χ2n) is 4.47. The second kappa shape index (κ2) is 7.70. The molecule has 0 aliphatic carbocycles. The summed E-state index contributed by atoms with van der Waals surface area (Å²) in [6.07, 6.45) is 4.45. The van der Waals surface area contributed by atoms with Crippen molar-refractivity contribution in [1.29, 1.82) is 0 Å². The molecule has 0 atom stereocenters. The number of ether oxygens (including phenoxy) is 1. The number of benzene rings is 1. The van der Waals surface area contributed by atoms with Crippen molar-refractivity contribution in [2.24, 2.45) is 0 Å². The fraction of sp³-hybridized carbons (Fsp3) is 0.438. The van der Waals surface area contributed by atoms with Crippen LogP contribution in [0.25, 0.3) is 0 Å². The van der Waals surface area contributed by atoms with Gasteiger partial charge in [0.1, 0.15) is 0 Å². The highest BCUT2D eigenvalue weighted by atomic mass is 16.5. The largest absolute Gasteiger partial charge is 0.463 e. The average molecular weight is 246 g/mol. The smallest absolute Gasteiger partial charge is 0.330 e. The van der Waals surface area contributed by atoms with Crippen LogP contribution in [0.1, 0.15) is 37.8 Å². The Hall–Kier alpha value is -1.57. The van der Waals surface area contributed by atoms with Crippen molar-refractivity contribution in [2.75, 3.05) is 6.61 Å².